The number of hydrogen-bond acceptors (Lipinski definition) is 2. The van der Waals surface area contributed by atoms with Crippen molar-refractivity contribution in [3.8, 4) is 0 Å². The van der Waals surface area contributed by atoms with Crippen molar-refractivity contribution in [1.82, 2.24) is 5.32 Å². The number of benzene rings is 1. The highest BCUT2D eigenvalue weighted by Crippen LogP contribution is 2.48. The number of amides is 1. The van der Waals surface area contributed by atoms with Gasteiger partial charge in [0.15, 0.2) is 0 Å². The summed E-state index contributed by atoms with van der Waals surface area (Å²) in [6.07, 6.45) is 5.35. The minimum atomic E-state index is -0.366. The summed E-state index contributed by atoms with van der Waals surface area (Å²) in [7, 11) is 0. The summed E-state index contributed by atoms with van der Waals surface area (Å²) in [4.78, 5) is 10.9. The lowest BCUT2D eigenvalue weighted by Crippen LogP contribution is -2.23. The fraction of sp³-hybridized carbons (Fsp3) is 0.533. The number of nitrogens with two attached hydrogens (primary N) is 1. The molecule has 18 heavy (non-hydrogen) atoms. The maximum Gasteiger partial charge on any atom is 0.248 e. The number of hydrogen-bond donors (Lipinski definition) is 2. The van der Waals surface area contributed by atoms with Gasteiger partial charge in [0.25, 0.3) is 0 Å². The summed E-state index contributed by atoms with van der Waals surface area (Å²) < 4.78 is 0. The molecule has 0 aromatic heterocycles. The van der Waals surface area contributed by atoms with Crippen LogP contribution in [0, 0.1) is 5.41 Å². The molecule has 3 heteroatoms. The van der Waals surface area contributed by atoms with E-state index in [0.29, 0.717) is 11.0 Å². The van der Waals surface area contributed by atoms with Gasteiger partial charge in [0.05, 0.1) is 0 Å². The molecule has 1 saturated carbocycles. The van der Waals surface area contributed by atoms with Gasteiger partial charge in [0, 0.05) is 18.7 Å². The molecule has 3 nitrogen and oxygen atoms in total. The number of carbonyl (C=O) groups excluding carboxylic acids is 1. The van der Waals surface area contributed by atoms with Crippen LogP contribution in [0.25, 0.3) is 0 Å². The Balaban J connectivity index is 1.78. The fourth-order valence-electron chi connectivity index (χ4n) is 2.48. The summed E-state index contributed by atoms with van der Waals surface area (Å²) in [5.74, 6) is -0.366. The topological polar surface area (TPSA) is 55.1 Å². The van der Waals surface area contributed by atoms with Crippen molar-refractivity contribution in [2.24, 2.45) is 11.1 Å². The van der Waals surface area contributed by atoms with Gasteiger partial charge in [0.1, 0.15) is 0 Å². The second-order valence-electron chi connectivity index (χ2n) is 5.41. The van der Waals surface area contributed by atoms with Crippen LogP contribution >= 0.6 is 0 Å². The van der Waals surface area contributed by atoms with E-state index >= 15 is 0 Å². The SMILES string of the molecule is CCCC1(CNCc2ccc(C(N)=O)cc2)CC1. The smallest absolute Gasteiger partial charge is 0.248 e. The van der Waals surface area contributed by atoms with Gasteiger partial charge in [-0.05, 0) is 42.4 Å². The van der Waals surface area contributed by atoms with Crippen LogP contribution in [0.3, 0.4) is 0 Å². The Hall–Kier alpha value is -1.35. The van der Waals surface area contributed by atoms with Gasteiger partial charge < -0.3 is 11.1 Å². The molecule has 1 aromatic rings. The molecule has 0 aliphatic heterocycles. The van der Waals surface area contributed by atoms with Crippen LogP contribution in [0.5, 0.6) is 0 Å². The van der Waals surface area contributed by atoms with Crippen LogP contribution in [0.15, 0.2) is 24.3 Å². The zero-order valence-corrected chi connectivity index (χ0v) is 11.0. The molecule has 1 aliphatic carbocycles. The third-order valence-electron chi connectivity index (χ3n) is 3.81. The predicted octanol–water partition coefficient (Wildman–Crippen LogP) is 2.46. The standard InChI is InChI=1S/C15H22N2O/c1-2-7-15(8-9-15)11-17-10-12-3-5-13(6-4-12)14(16)18/h3-6,17H,2,7-11H2,1H3,(H2,16,18). The Bertz CT molecular complexity index is 407. The molecule has 3 N–H and O–H groups in total. The maximum atomic E-state index is 10.9. The molecule has 0 spiro atoms. The van der Waals surface area contributed by atoms with E-state index in [-0.39, 0.29) is 5.91 Å². The van der Waals surface area contributed by atoms with Gasteiger partial charge in [-0.3, -0.25) is 4.79 Å². The summed E-state index contributed by atoms with van der Waals surface area (Å²) in [6.45, 7) is 4.23. The van der Waals surface area contributed by atoms with Gasteiger partial charge in [-0.1, -0.05) is 25.5 Å². The number of nitrogens with one attached hydrogen (secondary N) is 1. The largest absolute Gasteiger partial charge is 0.366 e. The lowest BCUT2D eigenvalue weighted by atomic mass is 10.0. The molecule has 0 radical (unpaired) electrons. The quantitative estimate of drug-likeness (QED) is 0.776. The molecule has 98 valence electrons. The molecule has 1 aromatic carbocycles. The minimum Gasteiger partial charge on any atom is -0.366 e. The van der Waals surface area contributed by atoms with E-state index in [0.717, 1.165) is 13.1 Å². The van der Waals surface area contributed by atoms with Crippen molar-refractivity contribution in [1.29, 1.82) is 0 Å². The molecule has 0 bridgehead atoms. The first-order valence-corrected chi connectivity index (χ1v) is 6.75. The van der Waals surface area contributed by atoms with Gasteiger partial charge >= 0.3 is 0 Å². The van der Waals surface area contributed by atoms with Crippen LogP contribution in [0.1, 0.15) is 48.5 Å². The molecule has 2 rings (SSSR count). The molecule has 0 atom stereocenters. The Kier molecular flexibility index (Phi) is 4.02. The summed E-state index contributed by atoms with van der Waals surface area (Å²) in [6, 6.07) is 7.51. The second kappa shape index (κ2) is 5.53. The molecular weight excluding hydrogens is 224 g/mol. The van der Waals surface area contributed by atoms with E-state index in [1.165, 1.54) is 31.2 Å². The number of carbonyl (C=O) groups is 1. The summed E-state index contributed by atoms with van der Waals surface area (Å²) >= 11 is 0. The van der Waals surface area contributed by atoms with Crippen LogP contribution in [-0.2, 0) is 6.54 Å². The van der Waals surface area contributed by atoms with Crippen LogP contribution in [0.4, 0.5) is 0 Å². The van der Waals surface area contributed by atoms with Crippen molar-refractivity contribution < 1.29 is 4.79 Å². The zero-order chi connectivity index (χ0) is 13.0. The molecule has 0 saturated heterocycles. The molecule has 1 fully saturated rings. The highest BCUT2D eigenvalue weighted by Gasteiger charge is 2.40. The second-order valence-corrected chi connectivity index (χ2v) is 5.41. The molecular formula is C15H22N2O. The van der Waals surface area contributed by atoms with E-state index < -0.39 is 0 Å². The highest BCUT2D eigenvalue weighted by molar-refractivity contribution is 5.92. The fourth-order valence-corrected chi connectivity index (χ4v) is 2.48. The van der Waals surface area contributed by atoms with Crippen molar-refractivity contribution >= 4 is 5.91 Å². The molecule has 1 amide bonds. The average Bonchev–Trinajstić information content (AvgIpc) is 3.10. The van der Waals surface area contributed by atoms with E-state index in [9.17, 15) is 4.79 Å². The lowest BCUT2D eigenvalue weighted by molar-refractivity contribution is 0.100. The predicted molar refractivity (Wildman–Crippen MR) is 73.2 cm³/mol. The average molecular weight is 246 g/mol. The molecule has 0 unspecified atom stereocenters. The first kappa shape index (κ1) is 13.1. The van der Waals surface area contributed by atoms with Crippen LogP contribution in [0.2, 0.25) is 0 Å². The first-order valence-electron chi connectivity index (χ1n) is 6.75. The van der Waals surface area contributed by atoms with E-state index in [1.54, 1.807) is 12.1 Å². The van der Waals surface area contributed by atoms with Crippen molar-refractivity contribution in [2.75, 3.05) is 6.54 Å². The van der Waals surface area contributed by atoms with E-state index in [4.69, 9.17) is 5.73 Å². The summed E-state index contributed by atoms with van der Waals surface area (Å²) in [5.41, 5.74) is 7.57. The Morgan fingerprint density at radius 3 is 2.50 bits per heavy atom. The Morgan fingerprint density at radius 2 is 2.00 bits per heavy atom. The third-order valence-corrected chi connectivity index (χ3v) is 3.81. The summed E-state index contributed by atoms with van der Waals surface area (Å²) in [5, 5.41) is 3.52. The number of primary amides is 1. The third kappa shape index (κ3) is 3.33. The van der Waals surface area contributed by atoms with Crippen molar-refractivity contribution in [3.05, 3.63) is 35.4 Å². The zero-order valence-electron chi connectivity index (χ0n) is 11.0. The van der Waals surface area contributed by atoms with E-state index in [1.807, 2.05) is 12.1 Å². The Morgan fingerprint density at radius 1 is 1.33 bits per heavy atom. The van der Waals surface area contributed by atoms with Crippen LogP contribution < -0.4 is 11.1 Å². The lowest BCUT2D eigenvalue weighted by Gasteiger charge is -2.14. The van der Waals surface area contributed by atoms with Crippen molar-refractivity contribution in [3.63, 3.8) is 0 Å². The molecule has 1 aliphatic rings. The monoisotopic (exact) mass is 246 g/mol. The highest BCUT2D eigenvalue weighted by atomic mass is 16.1. The van der Waals surface area contributed by atoms with Crippen LogP contribution in [-0.4, -0.2) is 12.5 Å². The van der Waals surface area contributed by atoms with Crippen molar-refractivity contribution in [2.45, 2.75) is 39.2 Å². The van der Waals surface area contributed by atoms with Gasteiger partial charge in [0.2, 0.25) is 5.91 Å². The Labute approximate surface area is 109 Å². The van der Waals surface area contributed by atoms with Gasteiger partial charge in [-0.2, -0.15) is 0 Å². The normalized spacial score (nSPS) is 16.5. The number of rotatable bonds is 7. The van der Waals surface area contributed by atoms with Gasteiger partial charge in [-0.25, -0.2) is 0 Å². The van der Waals surface area contributed by atoms with E-state index in [2.05, 4.69) is 12.2 Å². The first-order chi connectivity index (χ1) is 8.65. The molecule has 0 heterocycles. The van der Waals surface area contributed by atoms with Gasteiger partial charge in [-0.15, -0.1) is 0 Å². The minimum absolute atomic E-state index is 0.366. The maximum absolute atomic E-state index is 10.9.